The number of benzene rings is 1. The SMILES string of the molecule is CC(CS(C)=O)N(C)Cc1ccccc1. The molecular weight excluding hydrogens is 206 g/mol. The molecule has 0 radical (unpaired) electrons. The molecule has 15 heavy (non-hydrogen) atoms. The topological polar surface area (TPSA) is 20.3 Å². The highest BCUT2D eigenvalue weighted by atomic mass is 32.2. The average molecular weight is 225 g/mol. The van der Waals surface area contributed by atoms with Gasteiger partial charge in [-0.1, -0.05) is 30.3 Å². The fourth-order valence-electron chi connectivity index (χ4n) is 1.49. The van der Waals surface area contributed by atoms with Crippen LogP contribution >= 0.6 is 0 Å². The van der Waals surface area contributed by atoms with E-state index in [0.717, 1.165) is 12.3 Å². The van der Waals surface area contributed by atoms with E-state index in [4.69, 9.17) is 0 Å². The van der Waals surface area contributed by atoms with Crippen LogP contribution in [0.2, 0.25) is 0 Å². The Bertz CT molecular complexity index is 313. The Morgan fingerprint density at radius 1 is 1.33 bits per heavy atom. The molecule has 0 aromatic heterocycles. The van der Waals surface area contributed by atoms with Crippen LogP contribution in [-0.4, -0.2) is 34.2 Å². The highest BCUT2D eigenvalue weighted by Gasteiger charge is 2.10. The molecule has 2 nitrogen and oxygen atoms in total. The van der Waals surface area contributed by atoms with Crippen LogP contribution in [0.1, 0.15) is 12.5 Å². The van der Waals surface area contributed by atoms with Crippen LogP contribution in [0.4, 0.5) is 0 Å². The van der Waals surface area contributed by atoms with Crippen molar-refractivity contribution in [3.8, 4) is 0 Å². The first-order chi connectivity index (χ1) is 7.09. The van der Waals surface area contributed by atoms with E-state index in [1.54, 1.807) is 6.26 Å². The predicted molar refractivity (Wildman–Crippen MR) is 66.3 cm³/mol. The molecule has 2 unspecified atom stereocenters. The van der Waals surface area contributed by atoms with Crippen molar-refractivity contribution < 1.29 is 4.21 Å². The van der Waals surface area contributed by atoms with Gasteiger partial charge in [-0.25, -0.2) is 0 Å². The zero-order chi connectivity index (χ0) is 11.3. The van der Waals surface area contributed by atoms with Gasteiger partial charge < -0.3 is 0 Å². The lowest BCUT2D eigenvalue weighted by atomic mass is 10.2. The maximum absolute atomic E-state index is 11.1. The van der Waals surface area contributed by atoms with Crippen molar-refractivity contribution in [3.63, 3.8) is 0 Å². The summed E-state index contributed by atoms with van der Waals surface area (Å²) >= 11 is 0. The largest absolute Gasteiger partial charge is 0.299 e. The molecule has 0 aliphatic rings. The summed E-state index contributed by atoms with van der Waals surface area (Å²) in [5, 5.41) is 0. The second kappa shape index (κ2) is 6.03. The van der Waals surface area contributed by atoms with Crippen molar-refractivity contribution in [2.75, 3.05) is 19.1 Å². The zero-order valence-electron chi connectivity index (χ0n) is 9.64. The Morgan fingerprint density at radius 2 is 1.93 bits per heavy atom. The van der Waals surface area contributed by atoms with Crippen molar-refractivity contribution in [3.05, 3.63) is 35.9 Å². The van der Waals surface area contributed by atoms with Crippen LogP contribution in [-0.2, 0) is 17.3 Å². The van der Waals surface area contributed by atoms with Gasteiger partial charge in [0.1, 0.15) is 0 Å². The zero-order valence-corrected chi connectivity index (χ0v) is 10.5. The number of hydrogen-bond donors (Lipinski definition) is 0. The van der Waals surface area contributed by atoms with Crippen molar-refractivity contribution in [2.45, 2.75) is 19.5 Å². The molecule has 0 spiro atoms. The van der Waals surface area contributed by atoms with E-state index in [1.165, 1.54) is 5.56 Å². The molecule has 0 saturated heterocycles. The Hall–Kier alpha value is -0.670. The normalized spacial score (nSPS) is 15.2. The Morgan fingerprint density at radius 3 is 2.47 bits per heavy atom. The first kappa shape index (κ1) is 12.4. The smallest absolute Gasteiger partial charge is 0.0385 e. The maximum Gasteiger partial charge on any atom is 0.0385 e. The van der Waals surface area contributed by atoms with E-state index < -0.39 is 10.8 Å². The Labute approximate surface area is 94.8 Å². The van der Waals surface area contributed by atoms with E-state index in [9.17, 15) is 4.21 Å². The van der Waals surface area contributed by atoms with Gasteiger partial charge in [0.25, 0.3) is 0 Å². The van der Waals surface area contributed by atoms with Gasteiger partial charge in [-0.2, -0.15) is 0 Å². The monoisotopic (exact) mass is 225 g/mol. The standard InChI is InChI=1S/C12H19NOS/c1-11(10-15(3)14)13(2)9-12-7-5-4-6-8-12/h4-8,11H,9-10H2,1-3H3. The molecule has 1 aromatic carbocycles. The maximum atomic E-state index is 11.1. The molecule has 84 valence electrons. The summed E-state index contributed by atoms with van der Waals surface area (Å²) in [4.78, 5) is 2.23. The fourth-order valence-corrected chi connectivity index (χ4v) is 2.43. The van der Waals surface area contributed by atoms with E-state index in [-0.39, 0.29) is 0 Å². The third kappa shape index (κ3) is 4.58. The molecule has 2 atom stereocenters. The Kier molecular flexibility index (Phi) is 4.99. The molecule has 0 aliphatic heterocycles. The van der Waals surface area contributed by atoms with Crippen LogP contribution in [0.25, 0.3) is 0 Å². The van der Waals surface area contributed by atoms with Crippen molar-refractivity contribution in [1.82, 2.24) is 4.90 Å². The molecule has 3 heteroatoms. The number of nitrogens with zero attached hydrogens (tertiary/aromatic N) is 1. The molecule has 0 amide bonds. The van der Waals surface area contributed by atoms with Crippen LogP contribution in [0.3, 0.4) is 0 Å². The molecule has 1 rings (SSSR count). The number of hydrogen-bond acceptors (Lipinski definition) is 2. The predicted octanol–water partition coefficient (Wildman–Crippen LogP) is 1.89. The molecule has 0 heterocycles. The van der Waals surface area contributed by atoms with Crippen LogP contribution < -0.4 is 0 Å². The van der Waals surface area contributed by atoms with Gasteiger partial charge in [-0.3, -0.25) is 9.11 Å². The lowest BCUT2D eigenvalue weighted by Crippen LogP contribution is -2.32. The molecular formula is C12H19NOS. The molecule has 0 saturated carbocycles. The van der Waals surface area contributed by atoms with Gasteiger partial charge in [0.05, 0.1) is 0 Å². The van der Waals surface area contributed by atoms with Crippen LogP contribution in [0.15, 0.2) is 30.3 Å². The summed E-state index contributed by atoms with van der Waals surface area (Å²) in [6.45, 7) is 3.03. The summed E-state index contributed by atoms with van der Waals surface area (Å²) in [5.74, 6) is 0.739. The molecule has 0 fully saturated rings. The summed E-state index contributed by atoms with van der Waals surface area (Å²) in [6.07, 6.45) is 1.76. The molecule has 0 aliphatic carbocycles. The second-order valence-corrected chi connectivity index (χ2v) is 5.47. The molecule has 0 N–H and O–H groups in total. The van der Waals surface area contributed by atoms with Gasteiger partial charge in [-0.05, 0) is 19.5 Å². The van der Waals surface area contributed by atoms with Gasteiger partial charge >= 0.3 is 0 Å². The third-order valence-corrected chi connectivity index (χ3v) is 3.45. The van der Waals surface area contributed by atoms with E-state index >= 15 is 0 Å². The first-order valence-corrected chi connectivity index (χ1v) is 6.86. The van der Waals surface area contributed by atoms with Gasteiger partial charge in [0.2, 0.25) is 0 Å². The minimum Gasteiger partial charge on any atom is -0.299 e. The highest BCUT2D eigenvalue weighted by Crippen LogP contribution is 2.06. The Balaban J connectivity index is 2.48. The van der Waals surface area contributed by atoms with E-state index in [1.807, 2.05) is 18.2 Å². The highest BCUT2D eigenvalue weighted by molar-refractivity contribution is 7.84. The quantitative estimate of drug-likeness (QED) is 0.762. The fraction of sp³-hybridized carbons (Fsp3) is 0.500. The summed E-state index contributed by atoms with van der Waals surface area (Å²) in [5.41, 5.74) is 1.30. The minimum atomic E-state index is -0.716. The van der Waals surface area contributed by atoms with Gasteiger partial charge in [0, 0.05) is 35.4 Å². The minimum absolute atomic E-state index is 0.357. The lowest BCUT2D eigenvalue weighted by Gasteiger charge is -2.23. The van der Waals surface area contributed by atoms with Gasteiger partial charge in [-0.15, -0.1) is 0 Å². The van der Waals surface area contributed by atoms with Crippen molar-refractivity contribution in [1.29, 1.82) is 0 Å². The summed E-state index contributed by atoms with van der Waals surface area (Å²) in [7, 11) is 1.36. The van der Waals surface area contributed by atoms with Crippen molar-refractivity contribution >= 4 is 10.8 Å². The summed E-state index contributed by atoms with van der Waals surface area (Å²) in [6, 6.07) is 10.7. The van der Waals surface area contributed by atoms with Crippen LogP contribution in [0, 0.1) is 0 Å². The summed E-state index contributed by atoms with van der Waals surface area (Å²) < 4.78 is 11.1. The molecule has 0 bridgehead atoms. The lowest BCUT2D eigenvalue weighted by molar-refractivity contribution is 0.268. The molecule has 1 aromatic rings. The van der Waals surface area contributed by atoms with Crippen molar-refractivity contribution in [2.24, 2.45) is 0 Å². The first-order valence-electron chi connectivity index (χ1n) is 5.14. The van der Waals surface area contributed by atoms with E-state index in [0.29, 0.717) is 6.04 Å². The number of rotatable bonds is 5. The third-order valence-electron chi connectivity index (χ3n) is 2.50. The second-order valence-electron chi connectivity index (χ2n) is 3.99. The average Bonchev–Trinajstić information content (AvgIpc) is 2.18. The van der Waals surface area contributed by atoms with E-state index in [2.05, 4.69) is 31.0 Å². The van der Waals surface area contributed by atoms with Gasteiger partial charge in [0.15, 0.2) is 0 Å². The van der Waals surface area contributed by atoms with Crippen LogP contribution in [0.5, 0.6) is 0 Å².